The van der Waals surface area contributed by atoms with Gasteiger partial charge in [-0.1, -0.05) is 12.1 Å². The van der Waals surface area contributed by atoms with Gasteiger partial charge in [0.25, 0.3) is 0 Å². The number of carbonyl (C=O) groups excluding carboxylic acids is 1. The van der Waals surface area contributed by atoms with Crippen molar-refractivity contribution in [1.29, 1.82) is 0 Å². The molecule has 0 aliphatic rings. The van der Waals surface area contributed by atoms with Crippen LogP contribution in [-0.4, -0.2) is 21.6 Å². The summed E-state index contributed by atoms with van der Waals surface area (Å²) in [5.41, 5.74) is 1.83. The summed E-state index contributed by atoms with van der Waals surface area (Å²) in [7, 11) is 0. The molecule has 2 aromatic rings. The van der Waals surface area contributed by atoms with Crippen molar-refractivity contribution in [2.45, 2.75) is 6.61 Å². The van der Waals surface area contributed by atoms with Crippen LogP contribution in [0.1, 0.15) is 16.1 Å². The number of carbonyl (C=O) groups is 1. The average molecular weight is 176 g/mol. The number of aromatic nitrogens is 2. The van der Waals surface area contributed by atoms with Gasteiger partial charge in [0.1, 0.15) is 5.69 Å². The van der Waals surface area contributed by atoms with E-state index in [9.17, 15) is 4.79 Å². The van der Waals surface area contributed by atoms with E-state index in [-0.39, 0.29) is 6.61 Å². The number of benzene rings is 1. The topological polar surface area (TPSA) is 66.0 Å². The molecule has 2 rings (SSSR count). The Balaban J connectivity index is 2.83. The minimum Gasteiger partial charge on any atom is -0.392 e. The Labute approximate surface area is 74.2 Å². The monoisotopic (exact) mass is 176 g/mol. The van der Waals surface area contributed by atoms with E-state index < -0.39 is 0 Å². The summed E-state index contributed by atoms with van der Waals surface area (Å²) in [5.74, 6) is 0. The number of aliphatic hydroxyl groups excluding tert-OH is 1. The summed E-state index contributed by atoms with van der Waals surface area (Å²) in [6.07, 6.45) is 0.703. The van der Waals surface area contributed by atoms with Crippen molar-refractivity contribution < 1.29 is 9.90 Å². The Hall–Kier alpha value is -1.68. The first-order chi connectivity index (χ1) is 6.36. The Bertz CT molecular complexity index is 448. The van der Waals surface area contributed by atoms with Crippen molar-refractivity contribution in [2.75, 3.05) is 0 Å². The molecule has 1 aromatic carbocycles. The molecule has 0 unspecified atom stereocenters. The van der Waals surface area contributed by atoms with Gasteiger partial charge in [0.05, 0.1) is 12.1 Å². The quantitative estimate of drug-likeness (QED) is 0.667. The number of rotatable bonds is 2. The van der Waals surface area contributed by atoms with Crippen LogP contribution in [0, 0.1) is 0 Å². The number of aromatic amines is 1. The highest BCUT2D eigenvalue weighted by molar-refractivity contribution is 5.96. The second kappa shape index (κ2) is 2.99. The van der Waals surface area contributed by atoms with E-state index in [0.29, 0.717) is 28.4 Å². The highest BCUT2D eigenvalue weighted by Gasteiger charge is 2.07. The summed E-state index contributed by atoms with van der Waals surface area (Å²) in [6, 6.07) is 5.35. The fourth-order valence-corrected chi connectivity index (χ4v) is 1.38. The number of nitrogens with one attached hydrogen (secondary N) is 1. The third-order valence-corrected chi connectivity index (χ3v) is 1.98. The van der Waals surface area contributed by atoms with Gasteiger partial charge in [-0.15, -0.1) is 0 Å². The molecule has 0 saturated heterocycles. The fourth-order valence-electron chi connectivity index (χ4n) is 1.38. The van der Waals surface area contributed by atoms with Crippen LogP contribution < -0.4 is 0 Å². The number of aldehydes is 1. The zero-order valence-corrected chi connectivity index (χ0v) is 6.82. The smallest absolute Gasteiger partial charge is 0.168 e. The van der Waals surface area contributed by atoms with Crippen LogP contribution in [0.5, 0.6) is 0 Å². The van der Waals surface area contributed by atoms with E-state index in [2.05, 4.69) is 10.2 Å². The molecular formula is C9H8N2O2. The molecular weight excluding hydrogens is 168 g/mol. The molecule has 0 bridgehead atoms. The van der Waals surface area contributed by atoms with Crippen molar-refractivity contribution in [3.63, 3.8) is 0 Å². The molecule has 4 nitrogen and oxygen atoms in total. The predicted octanol–water partition coefficient (Wildman–Crippen LogP) is 0.868. The van der Waals surface area contributed by atoms with E-state index in [1.165, 1.54) is 0 Å². The third-order valence-electron chi connectivity index (χ3n) is 1.98. The molecule has 0 amide bonds. The van der Waals surface area contributed by atoms with Crippen molar-refractivity contribution in [3.8, 4) is 0 Å². The van der Waals surface area contributed by atoms with Crippen LogP contribution in [0.4, 0.5) is 0 Å². The van der Waals surface area contributed by atoms with E-state index in [0.717, 1.165) is 0 Å². The average Bonchev–Trinajstić information content (AvgIpc) is 2.60. The van der Waals surface area contributed by atoms with Crippen LogP contribution in [0.15, 0.2) is 18.2 Å². The molecule has 1 aromatic heterocycles. The standard InChI is InChI=1S/C9H8N2O2/c12-4-6-2-1-3-7-9(6)8(5-13)11-10-7/h1-3,5,12H,4H2,(H,10,11). The number of aliphatic hydroxyl groups is 1. The van der Waals surface area contributed by atoms with Crippen molar-refractivity contribution in [2.24, 2.45) is 0 Å². The maximum absolute atomic E-state index is 10.6. The lowest BCUT2D eigenvalue weighted by Crippen LogP contribution is -1.87. The van der Waals surface area contributed by atoms with Crippen molar-refractivity contribution in [1.82, 2.24) is 10.2 Å². The lowest BCUT2D eigenvalue weighted by molar-refractivity contribution is 0.112. The zero-order chi connectivity index (χ0) is 9.26. The first-order valence-corrected chi connectivity index (χ1v) is 3.89. The third kappa shape index (κ3) is 1.11. The van der Waals surface area contributed by atoms with Gasteiger partial charge in [-0.05, 0) is 11.6 Å². The van der Waals surface area contributed by atoms with Gasteiger partial charge in [0.15, 0.2) is 6.29 Å². The summed E-state index contributed by atoms with van der Waals surface area (Å²) in [4.78, 5) is 10.6. The molecule has 66 valence electrons. The molecule has 0 atom stereocenters. The van der Waals surface area contributed by atoms with Gasteiger partial charge in [-0.3, -0.25) is 9.89 Å². The van der Waals surface area contributed by atoms with Crippen LogP contribution in [0.3, 0.4) is 0 Å². The molecule has 4 heteroatoms. The maximum Gasteiger partial charge on any atom is 0.168 e. The number of nitrogens with zero attached hydrogens (tertiary/aromatic N) is 1. The second-order valence-electron chi connectivity index (χ2n) is 2.72. The number of H-pyrrole nitrogens is 1. The predicted molar refractivity (Wildman–Crippen MR) is 47.4 cm³/mol. The van der Waals surface area contributed by atoms with Crippen LogP contribution >= 0.6 is 0 Å². The number of hydrogen-bond donors (Lipinski definition) is 2. The molecule has 0 radical (unpaired) electrons. The molecule has 0 fully saturated rings. The number of hydrogen-bond acceptors (Lipinski definition) is 3. The van der Waals surface area contributed by atoms with Gasteiger partial charge in [0.2, 0.25) is 0 Å². The van der Waals surface area contributed by atoms with E-state index in [1.807, 2.05) is 0 Å². The van der Waals surface area contributed by atoms with Crippen LogP contribution in [0.25, 0.3) is 10.9 Å². The summed E-state index contributed by atoms with van der Waals surface area (Å²) in [6.45, 7) is -0.0856. The molecule has 1 heterocycles. The molecule has 0 spiro atoms. The van der Waals surface area contributed by atoms with Gasteiger partial charge >= 0.3 is 0 Å². The van der Waals surface area contributed by atoms with E-state index >= 15 is 0 Å². The minimum atomic E-state index is -0.0856. The van der Waals surface area contributed by atoms with E-state index in [4.69, 9.17) is 5.11 Å². The lowest BCUT2D eigenvalue weighted by atomic mass is 10.1. The summed E-state index contributed by atoms with van der Waals surface area (Å²) >= 11 is 0. The summed E-state index contributed by atoms with van der Waals surface area (Å²) in [5, 5.41) is 16.3. The number of fused-ring (bicyclic) bond motifs is 1. The molecule has 13 heavy (non-hydrogen) atoms. The minimum absolute atomic E-state index is 0.0856. The molecule has 0 saturated carbocycles. The van der Waals surface area contributed by atoms with Gasteiger partial charge in [0, 0.05) is 5.39 Å². The normalized spacial score (nSPS) is 10.5. The Morgan fingerprint density at radius 2 is 2.38 bits per heavy atom. The highest BCUT2D eigenvalue weighted by Crippen LogP contribution is 2.19. The largest absolute Gasteiger partial charge is 0.392 e. The molecule has 2 N–H and O–H groups in total. The van der Waals surface area contributed by atoms with Gasteiger partial charge < -0.3 is 5.11 Å². The Morgan fingerprint density at radius 1 is 1.54 bits per heavy atom. The highest BCUT2D eigenvalue weighted by atomic mass is 16.3. The first-order valence-electron chi connectivity index (χ1n) is 3.89. The zero-order valence-electron chi connectivity index (χ0n) is 6.82. The molecule has 0 aliphatic heterocycles. The Morgan fingerprint density at radius 3 is 3.08 bits per heavy atom. The van der Waals surface area contributed by atoms with E-state index in [1.54, 1.807) is 18.2 Å². The van der Waals surface area contributed by atoms with Crippen molar-refractivity contribution >= 4 is 17.2 Å². The fraction of sp³-hybridized carbons (Fsp3) is 0.111. The SMILES string of the molecule is O=Cc1[nH]nc2cccc(CO)c12. The van der Waals surface area contributed by atoms with Crippen LogP contribution in [0.2, 0.25) is 0 Å². The first kappa shape index (κ1) is 7.94. The Kier molecular flexibility index (Phi) is 1.83. The van der Waals surface area contributed by atoms with Crippen LogP contribution in [-0.2, 0) is 6.61 Å². The lowest BCUT2D eigenvalue weighted by Gasteiger charge is -1.96. The second-order valence-corrected chi connectivity index (χ2v) is 2.72. The maximum atomic E-state index is 10.6. The van der Waals surface area contributed by atoms with Crippen molar-refractivity contribution in [3.05, 3.63) is 29.5 Å². The summed E-state index contributed by atoms with van der Waals surface area (Å²) < 4.78 is 0. The molecule has 0 aliphatic carbocycles. The van der Waals surface area contributed by atoms with Gasteiger partial charge in [-0.2, -0.15) is 5.10 Å². The van der Waals surface area contributed by atoms with Gasteiger partial charge in [-0.25, -0.2) is 0 Å².